The molecule has 0 aliphatic heterocycles. The third-order valence-corrected chi connectivity index (χ3v) is 29.6. The normalized spacial score (nSPS) is 12.1. The van der Waals surface area contributed by atoms with Gasteiger partial charge in [0.05, 0.1) is 0 Å². The minimum absolute atomic E-state index is 0.973. The minimum Gasteiger partial charge on any atom is -0.419 e. The summed E-state index contributed by atoms with van der Waals surface area (Å²) >= 11 is 0. The van der Waals surface area contributed by atoms with Crippen molar-refractivity contribution in [1.82, 2.24) is 0 Å². The Kier molecular flexibility index (Phi) is 12.5. The highest BCUT2D eigenvalue weighted by Crippen LogP contribution is 2.27. The summed E-state index contributed by atoms with van der Waals surface area (Å²) in [6, 6.07) is 96.2. The Balaban J connectivity index is 1.44. The number of hydrogen-bond donors (Lipinski definition) is 0. The summed E-state index contributed by atoms with van der Waals surface area (Å²) < 4.78 is 25.9. The van der Waals surface area contributed by atoms with Crippen molar-refractivity contribution in [2.24, 2.45) is 0 Å². The highest BCUT2D eigenvalue weighted by molar-refractivity contribution is 7.16. The fourth-order valence-corrected chi connectivity index (χ4v) is 29.8. The highest BCUT2D eigenvalue weighted by Gasteiger charge is 2.61. The maximum absolute atomic E-state index is 8.75. The van der Waals surface area contributed by atoms with Crippen molar-refractivity contribution in [3.8, 4) is 0 Å². The van der Waals surface area contributed by atoms with E-state index in [1.807, 2.05) is 0 Å². The molecule has 0 saturated carbocycles. The van der Waals surface area contributed by atoms with Crippen LogP contribution in [0.25, 0.3) is 0 Å². The lowest BCUT2D eigenvalue weighted by Gasteiger charge is -2.49. The Bertz CT molecular complexity index is 2590. The molecule has 0 aromatic heterocycles. The van der Waals surface area contributed by atoms with Crippen LogP contribution in [-0.4, -0.2) is 33.8 Å². The van der Waals surface area contributed by atoms with Crippen LogP contribution in [0.15, 0.2) is 285 Å². The smallest absolute Gasteiger partial charge is 0.389 e. The van der Waals surface area contributed by atoms with E-state index in [0.717, 1.165) is 46.7 Å². The molecule has 7 heteroatoms. The van der Waals surface area contributed by atoms with E-state index in [1.54, 1.807) is 0 Å². The monoisotopic (exact) mass is 880 g/mol. The van der Waals surface area contributed by atoms with Gasteiger partial charge < -0.3 is 12.3 Å². The van der Waals surface area contributed by atoms with Gasteiger partial charge in [0.2, 0.25) is 0 Å². The van der Waals surface area contributed by atoms with Crippen LogP contribution in [0.4, 0.5) is 0 Å². The van der Waals surface area contributed by atoms with Crippen LogP contribution in [0.5, 0.6) is 0 Å². The predicted octanol–water partition coefficient (Wildman–Crippen LogP) is 6.70. The third-order valence-electron chi connectivity index (χ3n) is 11.7. The Labute approximate surface area is 376 Å². The highest BCUT2D eigenvalue weighted by atomic mass is 28.5. The molecule has 3 nitrogen and oxygen atoms in total. The van der Waals surface area contributed by atoms with Crippen molar-refractivity contribution in [3.05, 3.63) is 285 Å². The molecule has 0 atom stereocenters. The van der Waals surface area contributed by atoms with Crippen molar-refractivity contribution in [2.45, 2.75) is 0 Å². The van der Waals surface area contributed by atoms with Gasteiger partial charge in [0, 0.05) is 0 Å². The summed E-state index contributed by atoms with van der Waals surface area (Å²) in [6.07, 6.45) is 0. The first-order valence-electron chi connectivity index (χ1n) is 21.4. The summed E-state index contributed by atoms with van der Waals surface area (Å²) in [5.41, 5.74) is 2.08. The molecule has 9 aromatic rings. The molecule has 0 spiro atoms. The second kappa shape index (κ2) is 18.8. The zero-order valence-electron chi connectivity index (χ0n) is 35.0. The van der Waals surface area contributed by atoms with Crippen LogP contribution in [0.2, 0.25) is 0 Å². The number of hydrogen-bond acceptors (Lipinski definition) is 3. The van der Waals surface area contributed by atoms with E-state index in [1.165, 1.54) is 0 Å². The van der Waals surface area contributed by atoms with Crippen LogP contribution in [0.1, 0.15) is 0 Å². The van der Waals surface area contributed by atoms with Crippen LogP contribution in [0, 0.1) is 0 Å². The lowest BCUT2D eigenvalue weighted by Crippen LogP contribution is -2.83. The topological polar surface area (TPSA) is 27.7 Å². The second-order valence-corrected chi connectivity index (χ2v) is 28.8. The van der Waals surface area contributed by atoms with Crippen molar-refractivity contribution in [1.29, 1.82) is 0 Å². The SMILES string of the molecule is C=C[Si](O[Si](O[Si](O[Si](c1ccccc1)(c1ccccc1)c1ccccc1)(c1ccccc1)c1ccccc1)(c1ccccc1)c1ccccc1)(c1ccccc1)c1ccccc1. The quantitative estimate of drug-likeness (QED) is 0.0800. The van der Waals surface area contributed by atoms with E-state index in [-0.39, 0.29) is 0 Å². The van der Waals surface area contributed by atoms with Crippen molar-refractivity contribution < 1.29 is 12.3 Å². The van der Waals surface area contributed by atoms with Gasteiger partial charge in [-0.1, -0.05) is 279 Å². The lowest BCUT2D eigenvalue weighted by atomic mass is 10.3. The summed E-state index contributed by atoms with van der Waals surface area (Å²) in [6.45, 7) is 4.64. The first kappa shape index (κ1) is 41.8. The molecule has 0 aliphatic rings. The summed E-state index contributed by atoms with van der Waals surface area (Å²) in [4.78, 5) is 0. The Morgan fingerprint density at radius 3 is 0.683 bits per heavy atom. The van der Waals surface area contributed by atoms with E-state index in [0.29, 0.717) is 0 Å². The predicted molar refractivity (Wildman–Crippen MR) is 271 cm³/mol. The zero-order valence-corrected chi connectivity index (χ0v) is 39.0. The van der Waals surface area contributed by atoms with Crippen LogP contribution in [-0.2, 0) is 12.3 Å². The van der Waals surface area contributed by atoms with Gasteiger partial charge in [-0.05, 0) is 46.7 Å². The lowest BCUT2D eigenvalue weighted by molar-refractivity contribution is 0.363. The molecule has 0 radical (unpaired) electrons. The van der Waals surface area contributed by atoms with Gasteiger partial charge in [-0.25, -0.2) is 0 Å². The standard InChI is InChI=1S/C56H48O3Si4/c1-2-60(48-30-12-3-13-31-48,49-32-14-4-15-33-49)57-62(53-40-22-8-23-41-53,54-42-24-9-25-43-54)59-63(55-44-26-10-27-45-55,56-46-28-11-29-47-56)58-61(50-34-16-5-17-35-50,51-36-18-6-19-37-51)52-38-20-7-21-39-52/h2-47H,1H2. The average molecular weight is 881 g/mol. The van der Waals surface area contributed by atoms with E-state index in [4.69, 9.17) is 12.3 Å². The second-order valence-electron chi connectivity index (χ2n) is 15.5. The van der Waals surface area contributed by atoms with Crippen molar-refractivity contribution >= 4 is 80.4 Å². The van der Waals surface area contributed by atoms with Crippen molar-refractivity contribution in [3.63, 3.8) is 0 Å². The van der Waals surface area contributed by atoms with E-state index in [9.17, 15) is 0 Å². The van der Waals surface area contributed by atoms with Gasteiger partial charge in [0.15, 0.2) is 0 Å². The van der Waals surface area contributed by atoms with Gasteiger partial charge in [-0.3, -0.25) is 0 Å². The number of rotatable bonds is 16. The summed E-state index contributed by atoms with van der Waals surface area (Å²) in [5, 5.41) is 9.41. The number of benzene rings is 9. The van der Waals surface area contributed by atoms with Gasteiger partial charge in [0.1, 0.15) is 0 Å². The maximum Gasteiger partial charge on any atom is 0.389 e. The fraction of sp³-hybridized carbons (Fsp3) is 0. The molecule has 0 heterocycles. The molecule has 0 bridgehead atoms. The average Bonchev–Trinajstić information content (AvgIpc) is 3.39. The molecule has 0 fully saturated rings. The van der Waals surface area contributed by atoms with E-state index in [2.05, 4.69) is 285 Å². The van der Waals surface area contributed by atoms with Crippen molar-refractivity contribution in [2.75, 3.05) is 0 Å². The Hall–Kier alpha value is -6.53. The van der Waals surface area contributed by atoms with Gasteiger partial charge in [0.25, 0.3) is 16.6 Å². The molecule has 9 aromatic carbocycles. The summed E-state index contributed by atoms with van der Waals surface area (Å²) in [5.74, 6) is 0. The van der Waals surface area contributed by atoms with Crippen LogP contribution >= 0.6 is 0 Å². The fourth-order valence-electron chi connectivity index (χ4n) is 8.75. The molecule has 0 amide bonds. The molecule has 9 rings (SSSR count). The Morgan fingerprint density at radius 1 is 0.238 bits per heavy atom. The summed E-state index contributed by atoms with van der Waals surface area (Å²) in [7, 11) is -15.0. The van der Waals surface area contributed by atoms with Crippen LogP contribution in [0.3, 0.4) is 0 Å². The first-order chi connectivity index (χ1) is 31.1. The molecule has 0 aliphatic carbocycles. The molecule has 0 unspecified atom stereocenters. The van der Waals surface area contributed by atoms with E-state index >= 15 is 0 Å². The molecule has 306 valence electrons. The molecule has 0 saturated heterocycles. The zero-order chi connectivity index (χ0) is 42.8. The minimum atomic E-state index is -4.06. The molecule has 0 N–H and O–H groups in total. The van der Waals surface area contributed by atoms with Crippen LogP contribution < -0.4 is 46.7 Å². The molecular weight excluding hydrogens is 833 g/mol. The van der Waals surface area contributed by atoms with Gasteiger partial charge >= 0.3 is 17.1 Å². The molecular formula is C56H48O3Si4. The first-order valence-corrected chi connectivity index (χ1v) is 28.9. The van der Waals surface area contributed by atoms with Gasteiger partial charge in [-0.2, -0.15) is 0 Å². The molecule has 63 heavy (non-hydrogen) atoms. The third kappa shape index (κ3) is 8.04. The largest absolute Gasteiger partial charge is 0.419 e. The Morgan fingerprint density at radius 2 is 0.444 bits per heavy atom. The van der Waals surface area contributed by atoms with Gasteiger partial charge in [-0.15, -0.1) is 6.58 Å². The van der Waals surface area contributed by atoms with E-state index < -0.39 is 33.8 Å². The maximum atomic E-state index is 8.75.